The number of sulfone groups is 1. The summed E-state index contributed by atoms with van der Waals surface area (Å²) in [4.78, 5) is 12.8. The molecule has 0 aromatic heterocycles. The SMILES string of the molecule is C=CCc1cc(C(=O)NC(C)c2ccc(S(C)(=O)=O)cc2)ccc1OC. The minimum atomic E-state index is -3.24. The van der Waals surface area contributed by atoms with Gasteiger partial charge in [-0.25, -0.2) is 8.42 Å². The van der Waals surface area contributed by atoms with Crippen LogP contribution < -0.4 is 10.1 Å². The fourth-order valence-electron chi connectivity index (χ4n) is 2.60. The molecule has 0 aliphatic carbocycles. The molecule has 0 radical (unpaired) electrons. The summed E-state index contributed by atoms with van der Waals surface area (Å²) in [5.74, 6) is 0.503. The Morgan fingerprint density at radius 1 is 1.23 bits per heavy atom. The lowest BCUT2D eigenvalue weighted by Crippen LogP contribution is -2.26. The summed E-state index contributed by atoms with van der Waals surface area (Å²) in [5, 5.41) is 2.92. The standard InChI is InChI=1S/C20H23NO4S/c1-5-6-16-13-17(9-12-19(16)25-3)20(22)21-14(2)15-7-10-18(11-8-15)26(4,23)24/h5,7-14H,1,6H2,2-4H3,(H,21,22). The second-order valence-corrected chi connectivity index (χ2v) is 8.07. The molecule has 2 rings (SSSR count). The first-order valence-corrected chi connectivity index (χ1v) is 10.0. The predicted molar refractivity (Wildman–Crippen MR) is 102 cm³/mol. The van der Waals surface area contributed by atoms with Gasteiger partial charge in [-0.3, -0.25) is 4.79 Å². The Hall–Kier alpha value is -2.60. The highest BCUT2D eigenvalue weighted by molar-refractivity contribution is 7.90. The van der Waals surface area contributed by atoms with E-state index in [0.717, 1.165) is 17.4 Å². The molecule has 0 aliphatic rings. The van der Waals surface area contributed by atoms with Gasteiger partial charge in [0.15, 0.2) is 9.84 Å². The summed E-state index contributed by atoms with van der Waals surface area (Å²) in [7, 11) is -1.65. The molecule has 6 heteroatoms. The fourth-order valence-corrected chi connectivity index (χ4v) is 3.23. The van der Waals surface area contributed by atoms with Crippen LogP contribution in [0.25, 0.3) is 0 Å². The Balaban J connectivity index is 2.16. The van der Waals surface area contributed by atoms with Gasteiger partial charge in [0.05, 0.1) is 18.0 Å². The van der Waals surface area contributed by atoms with Crippen molar-refractivity contribution in [2.45, 2.75) is 24.3 Å². The zero-order valence-corrected chi connectivity index (χ0v) is 16.0. The molecule has 5 nitrogen and oxygen atoms in total. The second-order valence-electron chi connectivity index (χ2n) is 6.06. The van der Waals surface area contributed by atoms with Gasteiger partial charge in [-0.1, -0.05) is 18.2 Å². The van der Waals surface area contributed by atoms with Crippen molar-refractivity contribution < 1.29 is 17.9 Å². The van der Waals surface area contributed by atoms with Crippen molar-refractivity contribution in [3.63, 3.8) is 0 Å². The second kappa shape index (κ2) is 8.19. The minimum absolute atomic E-state index is 0.211. The van der Waals surface area contributed by atoms with E-state index in [2.05, 4.69) is 11.9 Å². The van der Waals surface area contributed by atoms with E-state index in [1.165, 1.54) is 0 Å². The highest BCUT2D eigenvalue weighted by Crippen LogP contribution is 2.22. The van der Waals surface area contributed by atoms with Gasteiger partial charge in [0.2, 0.25) is 0 Å². The van der Waals surface area contributed by atoms with E-state index in [4.69, 9.17) is 4.74 Å². The molecule has 1 unspecified atom stereocenters. The summed E-state index contributed by atoms with van der Waals surface area (Å²) < 4.78 is 28.3. The first-order chi connectivity index (χ1) is 12.3. The minimum Gasteiger partial charge on any atom is -0.496 e. The van der Waals surface area contributed by atoms with E-state index in [0.29, 0.717) is 17.7 Å². The van der Waals surface area contributed by atoms with Crippen molar-refractivity contribution >= 4 is 15.7 Å². The largest absolute Gasteiger partial charge is 0.496 e. The topological polar surface area (TPSA) is 72.5 Å². The van der Waals surface area contributed by atoms with E-state index in [9.17, 15) is 13.2 Å². The zero-order chi connectivity index (χ0) is 19.3. The van der Waals surface area contributed by atoms with Crippen LogP contribution >= 0.6 is 0 Å². The molecular weight excluding hydrogens is 350 g/mol. The normalized spacial score (nSPS) is 12.3. The Kier molecular flexibility index (Phi) is 6.21. The predicted octanol–water partition coefficient (Wildman–Crippen LogP) is 3.32. The number of nitrogens with one attached hydrogen (secondary N) is 1. The quantitative estimate of drug-likeness (QED) is 0.756. The summed E-state index contributed by atoms with van der Waals surface area (Å²) in [5.41, 5.74) is 2.24. The Morgan fingerprint density at radius 3 is 2.42 bits per heavy atom. The van der Waals surface area contributed by atoms with Gasteiger partial charge < -0.3 is 10.1 Å². The van der Waals surface area contributed by atoms with E-state index in [-0.39, 0.29) is 16.8 Å². The molecule has 0 heterocycles. The molecule has 0 bridgehead atoms. The van der Waals surface area contributed by atoms with Gasteiger partial charge in [0.25, 0.3) is 5.91 Å². The number of hydrogen-bond acceptors (Lipinski definition) is 4. The van der Waals surface area contributed by atoms with Crippen LogP contribution in [0, 0.1) is 0 Å². The lowest BCUT2D eigenvalue weighted by molar-refractivity contribution is 0.0939. The smallest absolute Gasteiger partial charge is 0.251 e. The van der Waals surface area contributed by atoms with Crippen molar-refractivity contribution in [1.29, 1.82) is 0 Å². The summed E-state index contributed by atoms with van der Waals surface area (Å²) in [6, 6.07) is 11.5. The first-order valence-electron chi connectivity index (χ1n) is 8.15. The van der Waals surface area contributed by atoms with Gasteiger partial charge in [-0.15, -0.1) is 6.58 Å². The van der Waals surface area contributed by atoms with Gasteiger partial charge in [0, 0.05) is 11.8 Å². The number of hydrogen-bond donors (Lipinski definition) is 1. The van der Waals surface area contributed by atoms with Crippen LogP contribution in [0.15, 0.2) is 60.0 Å². The van der Waals surface area contributed by atoms with E-state index in [1.807, 2.05) is 6.92 Å². The van der Waals surface area contributed by atoms with Crippen LogP contribution in [0.3, 0.4) is 0 Å². The number of allylic oxidation sites excluding steroid dienone is 1. The first kappa shape index (κ1) is 19.7. The third-order valence-electron chi connectivity index (χ3n) is 4.06. The van der Waals surface area contributed by atoms with Crippen molar-refractivity contribution in [3.05, 3.63) is 71.8 Å². The van der Waals surface area contributed by atoms with Crippen molar-refractivity contribution in [2.75, 3.05) is 13.4 Å². The van der Waals surface area contributed by atoms with Crippen molar-refractivity contribution in [3.8, 4) is 5.75 Å². The number of amides is 1. The van der Waals surface area contributed by atoms with E-state index in [1.54, 1.807) is 55.7 Å². The van der Waals surface area contributed by atoms with Crippen LogP contribution in [0.2, 0.25) is 0 Å². The number of carbonyl (C=O) groups excluding carboxylic acids is 1. The molecule has 0 fully saturated rings. The third-order valence-corrected chi connectivity index (χ3v) is 5.19. The number of methoxy groups -OCH3 is 1. The Morgan fingerprint density at radius 2 is 1.88 bits per heavy atom. The average Bonchev–Trinajstić information content (AvgIpc) is 2.61. The van der Waals surface area contributed by atoms with Gasteiger partial charge >= 0.3 is 0 Å². The Bertz CT molecular complexity index is 902. The van der Waals surface area contributed by atoms with Crippen LogP contribution in [-0.4, -0.2) is 27.7 Å². The van der Waals surface area contributed by atoms with Crippen LogP contribution in [0.4, 0.5) is 0 Å². The summed E-state index contributed by atoms with van der Waals surface area (Å²) in [6.45, 7) is 5.57. The fraction of sp³-hybridized carbons (Fsp3) is 0.250. The lowest BCUT2D eigenvalue weighted by atomic mass is 10.0. The van der Waals surface area contributed by atoms with E-state index < -0.39 is 9.84 Å². The molecule has 1 atom stereocenters. The number of rotatable bonds is 7. The summed E-state index contributed by atoms with van der Waals surface area (Å²) in [6.07, 6.45) is 3.52. The van der Waals surface area contributed by atoms with E-state index >= 15 is 0 Å². The highest BCUT2D eigenvalue weighted by Gasteiger charge is 2.14. The summed E-state index contributed by atoms with van der Waals surface area (Å²) >= 11 is 0. The van der Waals surface area contributed by atoms with Crippen molar-refractivity contribution in [1.82, 2.24) is 5.32 Å². The molecule has 138 valence electrons. The third kappa shape index (κ3) is 4.73. The van der Waals surface area contributed by atoms with Crippen LogP contribution in [0.5, 0.6) is 5.75 Å². The molecule has 26 heavy (non-hydrogen) atoms. The molecule has 0 saturated carbocycles. The Labute approximate surface area is 154 Å². The molecular formula is C20H23NO4S. The molecule has 0 spiro atoms. The van der Waals surface area contributed by atoms with Gasteiger partial charge in [-0.05, 0) is 54.8 Å². The maximum absolute atomic E-state index is 12.5. The van der Waals surface area contributed by atoms with Gasteiger partial charge in [0.1, 0.15) is 5.75 Å². The highest BCUT2D eigenvalue weighted by atomic mass is 32.2. The average molecular weight is 373 g/mol. The molecule has 2 aromatic carbocycles. The zero-order valence-electron chi connectivity index (χ0n) is 15.2. The van der Waals surface area contributed by atoms with Crippen LogP contribution in [0.1, 0.15) is 34.5 Å². The maximum Gasteiger partial charge on any atom is 0.251 e. The molecule has 2 aromatic rings. The van der Waals surface area contributed by atoms with Crippen molar-refractivity contribution in [2.24, 2.45) is 0 Å². The number of carbonyl (C=O) groups is 1. The molecule has 1 amide bonds. The van der Waals surface area contributed by atoms with Gasteiger partial charge in [-0.2, -0.15) is 0 Å². The number of benzene rings is 2. The number of ether oxygens (including phenoxy) is 1. The van der Waals surface area contributed by atoms with Crippen LogP contribution in [-0.2, 0) is 16.3 Å². The monoisotopic (exact) mass is 373 g/mol. The molecule has 0 aliphatic heterocycles. The lowest BCUT2D eigenvalue weighted by Gasteiger charge is -2.16. The molecule has 0 saturated heterocycles. The maximum atomic E-state index is 12.5. The molecule has 1 N–H and O–H groups in total.